The first-order valence-corrected chi connectivity index (χ1v) is 7.29. The molecule has 2 N–H and O–H groups in total. The molecule has 106 valence electrons. The van der Waals surface area contributed by atoms with Gasteiger partial charge in [-0.05, 0) is 29.9 Å². The molecule has 0 atom stereocenters. The zero-order chi connectivity index (χ0) is 14.2. The molecular formula is C16H20N2O2. The van der Waals surface area contributed by atoms with Crippen LogP contribution in [0.4, 0.5) is 5.69 Å². The Bertz CT molecular complexity index is 527. The molecule has 1 aromatic carbocycles. The molecule has 4 heteroatoms. The van der Waals surface area contributed by atoms with Crippen LogP contribution in [-0.2, 0) is 16.1 Å². The Balaban J connectivity index is 1.92. The molecule has 1 heterocycles. The maximum absolute atomic E-state index is 12.5. The van der Waals surface area contributed by atoms with Crippen molar-refractivity contribution in [3.05, 3.63) is 29.8 Å². The Morgan fingerprint density at radius 1 is 1.05 bits per heavy atom. The number of nitrogens with two attached hydrogens (primary N) is 1. The Morgan fingerprint density at radius 3 is 2.25 bits per heavy atom. The van der Waals surface area contributed by atoms with Gasteiger partial charge in [-0.15, -0.1) is 0 Å². The van der Waals surface area contributed by atoms with Crippen molar-refractivity contribution in [1.82, 2.24) is 0 Å². The van der Waals surface area contributed by atoms with Gasteiger partial charge < -0.3 is 5.73 Å². The molecule has 0 radical (unpaired) electrons. The Kier molecular flexibility index (Phi) is 3.34. The lowest BCUT2D eigenvalue weighted by Crippen LogP contribution is -2.47. The monoisotopic (exact) mass is 272 g/mol. The summed E-state index contributed by atoms with van der Waals surface area (Å²) in [6, 6.07) is 7.40. The summed E-state index contributed by atoms with van der Waals surface area (Å²) in [6.45, 7) is 0.332. The molecule has 1 aromatic rings. The van der Waals surface area contributed by atoms with Crippen LogP contribution in [0.2, 0.25) is 0 Å². The number of imide groups is 1. The molecule has 1 aliphatic heterocycles. The number of amides is 2. The van der Waals surface area contributed by atoms with E-state index in [0.717, 1.165) is 31.2 Å². The summed E-state index contributed by atoms with van der Waals surface area (Å²) in [5.74, 6) is -0.131. The van der Waals surface area contributed by atoms with E-state index in [1.807, 2.05) is 24.3 Å². The minimum atomic E-state index is -0.0657. The molecule has 20 heavy (non-hydrogen) atoms. The van der Waals surface area contributed by atoms with Crippen molar-refractivity contribution in [3.8, 4) is 0 Å². The number of para-hydroxylation sites is 1. The summed E-state index contributed by atoms with van der Waals surface area (Å²) in [5, 5.41) is 0. The zero-order valence-corrected chi connectivity index (χ0v) is 11.6. The SMILES string of the molecule is NCc1ccccc1N1C(=O)CC2(CCCC2)CC1=O. The van der Waals surface area contributed by atoms with Crippen LogP contribution in [0, 0.1) is 5.41 Å². The van der Waals surface area contributed by atoms with Crippen molar-refractivity contribution in [2.75, 3.05) is 4.90 Å². The second kappa shape index (κ2) is 5.02. The molecule has 2 amide bonds. The predicted octanol–water partition coefficient (Wildman–Crippen LogP) is 2.36. The molecule has 0 bridgehead atoms. The highest BCUT2D eigenvalue weighted by molar-refractivity contribution is 6.17. The largest absolute Gasteiger partial charge is 0.326 e. The molecular weight excluding hydrogens is 252 g/mol. The number of benzene rings is 1. The molecule has 1 saturated heterocycles. The fraction of sp³-hybridized carbons (Fsp3) is 0.500. The molecule has 4 nitrogen and oxygen atoms in total. The van der Waals surface area contributed by atoms with Crippen LogP contribution >= 0.6 is 0 Å². The van der Waals surface area contributed by atoms with Crippen LogP contribution in [0.5, 0.6) is 0 Å². The van der Waals surface area contributed by atoms with Gasteiger partial charge in [0.15, 0.2) is 0 Å². The van der Waals surface area contributed by atoms with E-state index in [1.165, 1.54) is 4.90 Å². The lowest BCUT2D eigenvalue weighted by atomic mass is 9.76. The van der Waals surface area contributed by atoms with E-state index in [1.54, 1.807) is 0 Å². The number of carbonyl (C=O) groups is 2. The third kappa shape index (κ3) is 2.14. The van der Waals surface area contributed by atoms with Crippen LogP contribution in [0.25, 0.3) is 0 Å². The van der Waals surface area contributed by atoms with Gasteiger partial charge in [-0.3, -0.25) is 14.5 Å². The fourth-order valence-electron chi connectivity index (χ4n) is 3.65. The van der Waals surface area contributed by atoms with E-state index in [0.29, 0.717) is 25.1 Å². The number of rotatable bonds is 2. The van der Waals surface area contributed by atoms with Gasteiger partial charge >= 0.3 is 0 Å². The molecule has 0 aromatic heterocycles. The second-order valence-corrected chi connectivity index (χ2v) is 6.02. The van der Waals surface area contributed by atoms with Crippen molar-refractivity contribution in [2.24, 2.45) is 11.1 Å². The number of hydrogen-bond acceptors (Lipinski definition) is 3. The van der Waals surface area contributed by atoms with Crippen molar-refractivity contribution >= 4 is 17.5 Å². The van der Waals surface area contributed by atoms with Crippen molar-refractivity contribution in [2.45, 2.75) is 45.1 Å². The molecule has 1 aliphatic carbocycles. The Hall–Kier alpha value is -1.68. The summed E-state index contributed by atoms with van der Waals surface area (Å²) in [6.07, 6.45) is 5.29. The predicted molar refractivity (Wildman–Crippen MR) is 77.0 cm³/mol. The third-order valence-corrected chi connectivity index (χ3v) is 4.67. The summed E-state index contributed by atoms with van der Waals surface area (Å²) in [5.41, 5.74) is 7.17. The molecule has 3 rings (SSSR count). The van der Waals surface area contributed by atoms with E-state index in [2.05, 4.69) is 0 Å². The number of anilines is 1. The smallest absolute Gasteiger partial charge is 0.234 e. The number of hydrogen-bond donors (Lipinski definition) is 1. The maximum Gasteiger partial charge on any atom is 0.234 e. The number of piperidine rings is 1. The van der Waals surface area contributed by atoms with Crippen molar-refractivity contribution in [3.63, 3.8) is 0 Å². The zero-order valence-electron chi connectivity index (χ0n) is 11.6. The Labute approximate surface area is 118 Å². The quantitative estimate of drug-likeness (QED) is 0.841. The van der Waals surface area contributed by atoms with E-state index in [4.69, 9.17) is 5.73 Å². The molecule has 1 spiro atoms. The number of nitrogens with zero attached hydrogens (tertiary/aromatic N) is 1. The highest BCUT2D eigenvalue weighted by atomic mass is 16.2. The van der Waals surface area contributed by atoms with Crippen LogP contribution in [0.15, 0.2) is 24.3 Å². The molecule has 0 unspecified atom stereocenters. The third-order valence-electron chi connectivity index (χ3n) is 4.67. The summed E-state index contributed by atoms with van der Waals surface area (Å²) in [4.78, 5) is 26.4. The molecule has 1 saturated carbocycles. The standard InChI is InChI=1S/C16H20N2O2/c17-11-12-5-1-2-6-13(12)18-14(19)9-16(10-15(18)20)7-3-4-8-16/h1-2,5-6H,3-4,7-11,17H2. The van der Waals surface area contributed by atoms with Gasteiger partial charge in [0.25, 0.3) is 0 Å². The average Bonchev–Trinajstić information content (AvgIpc) is 2.86. The highest BCUT2D eigenvalue weighted by Gasteiger charge is 2.45. The highest BCUT2D eigenvalue weighted by Crippen LogP contribution is 2.47. The van der Waals surface area contributed by atoms with Gasteiger partial charge in [0, 0.05) is 19.4 Å². The Morgan fingerprint density at radius 2 is 1.65 bits per heavy atom. The van der Waals surface area contributed by atoms with Crippen molar-refractivity contribution in [1.29, 1.82) is 0 Å². The minimum absolute atomic E-state index is 0.0532. The topological polar surface area (TPSA) is 63.4 Å². The van der Waals surface area contributed by atoms with E-state index in [9.17, 15) is 9.59 Å². The first-order chi connectivity index (χ1) is 9.65. The first-order valence-electron chi connectivity index (χ1n) is 7.29. The van der Waals surface area contributed by atoms with E-state index in [-0.39, 0.29) is 17.2 Å². The van der Waals surface area contributed by atoms with Gasteiger partial charge in [0.1, 0.15) is 0 Å². The summed E-state index contributed by atoms with van der Waals surface area (Å²) >= 11 is 0. The second-order valence-electron chi connectivity index (χ2n) is 6.02. The van der Waals surface area contributed by atoms with Crippen LogP contribution in [0.1, 0.15) is 44.1 Å². The van der Waals surface area contributed by atoms with Crippen LogP contribution in [0.3, 0.4) is 0 Å². The summed E-state index contributed by atoms with van der Waals surface area (Å²) in [7, 11) is 0. The number of carbonyl (C=O) groups excluding carboxylic acids is 2. The van der Waals surface area contributed by atoms with Gasteiger partial charge in [0.05, 0.1) is 5.69 Å². The van der Waals surface area contributed by atoms with E-state index < -0.39 is 0 Å². The maximum atomic E-state index is 12.5. The first kappa shape index (κ1) is 13.3. The van der Waals surface area contributed by atoms with Crippen molar-refractivity contribution < 1.29 is 9.59 Å². The van der Waals surface area contributed by atoms with Gasteiger partial charge in [0.2, 0.25) is 11.8 Å². The normalized spacial score (nSPS) is 21.8. The van der Waals surface area contributed by atoms with E-state index >= 15 is 0 Å². The fourth-order valence-corrected chi connectivity index (χ4v) is 3.65. The summed E-state index contributed by atoms with van der Waals surface area (Å²) < 4.78 is 0. The lowest BCUT2D eigenvalue weighted by Gasteiger charge is -2.37. The lowest BCUT2D eigenvalue weighted by molar-refractivity contribution is -0.133. The van der Waals surface area contributed by atoms with Gasteiger partial charge in [-0.1, -0.05) is 31.0 Å². The average molecular weight is 272 g/mol. The van der Waals surface area contributed by atoms with Gasteiger partial charge in [-0.25, -0.2) is 0 Å². The molecule has 2 aliphatic rings. The van der Waals surface area contributed by atoms with Crippen LogP contribution < -0.4 is 10.6 Å². The molecule has 2 fully saturated rings. The van der Waals surface area contributed by atoms with Gasteiger partial charge in [-0.2, -0.15) is 0 Å². The van der Waals surface area contributed by atoms with Crippen LogP contribution in [-0.4, -0.2) is 11.8 Å². The minimum Gasteiger partial charge on any atom is -0.326 e.